The zero-order chi connectivity index (χ0) is 29.1. The van der Waals surface area contributed by atoms with Gasteiger partial charge in [0.1, 0.15) is 5.75 Å². The second-order valence-electron chi connectivity index (χ2n) is 9.73. The Balaban J connectivity index is 1.95. The number of thiazole rings is 1. The molecule has 212 valence electrons. The molecule has 0 fully saturated rings. The lowest BCUT2D eigenvalue weighted by atomic mass is 9.95. The zero-order valence-corrected chi connectivity index (χ0v) is 25.2. The molecular weight excluding hydrogens is 552 g/mol. The van der Waals surface area contributed by atoms with Crippen LogP contribution in [0.25, 0.3) is 6.08 Å². The first-order chi connectivity index (χ1) is 19.0. The molecule has 1 aromatic heterocycles. The summed E-state index contributed by atoms with van der Waals surface area (Å²) in [5.41, 5.74) is 1.78. The van der Waals surface area contributed by atoms with Gasteiger partial charge in [-0.15, -0.1) is 0 Å². The number of ether oxygens (including phenoxy) is 4. The third-order valence-corrected chi connectivity index (χ3v) is 7.22. The Kier molecular flexibility index (Phi) is 9.05. The summed E-state index contributed by atoms with van der Waals surface area (Å²) in [5, 5.41) is 0.518. The first-order valence-corrected chi connectivity index (χ1v) is 14.2. The van der Waals surface area contributed by atoms with Gasteiger partial charge in [-0.3, -0.25) is 9.36 Å². The molecule has 0 amide bonds. The minimum absolute atomic E-state index is 0.0642. The van der Waals surface area contributed by atoms with Crippen molar-refractivity contribution in [2.75, 3.05) is 13.7 Å². The third kappa shape index (κ3) is 6.10. The topological polar surface area (TPSA) is 88.4 Å². The molecule has 0 N–H and O–H groups in total. The van der Waals surface area contributed by atoms with Crippen molar-refractivity contribution < 1.29 is 23.7 Å². The molecule has 40 heavy (non-hydrogen) atoms. The van der Waals surface area contributed by atoms with Crippen molar-refractivity contribution in [2.24, 2.45) is 4.99 Å². The number of nitrogens with zero attached hydrogens (tertiary/aromatic N) is 2. The van der Waals surface area contributed by atoms with E-state index in [0.29, 0.717) is 48.4 Å². The molecule has 0 unspecified atom stereocenters. The van der Waals surface area contributed by atoms with Crippen LogP contribution in [0.4, 0.5) is 0 Å². The molecule has 0 saturated heterocycles. The molecule has 4 rings (SSSR count). The highest BCUT2D eigenvalue weighted by molar-refractivity contribution is 7.07. The fraction of sp³-hybridized carbons (Fsp3) is 0.367. The van der Waals surface area contributed by atoms with E-state index in [0.717, 1.165) is 0 Å². The molecule has 0 spiro atoms. The van der Waals surface area contributed by atoms with E-state index in [9.17, 15) is 9.59 Å². The number of halogens is 1. The van der Waals surface area contributed by atoms with Crippen molar-refractivity contribution in [2.45, 2.75) is 59.8 Å². The first-order valence-electron chi connectivity index (χ1n) is 13.0. The molecule has 8 nitrogen and oxygen atoms in total. The molecular formula is C30H33ClN2O6S. The number of carbonyl (C=O) groups excluding carboxylic acids is 1. The minimum atomic E-state index is -0.787. The van der Waals surface area contributed by atoms with E-state index in [-0.39, 0.29) is 29.9 Å². The predicted molar refractivity (Wildman–Crippen MR) is 156 cm³/mol. The summed E-state index contributed by atoms with van der Waals surface area (Å²) < 4.78 is 24.8. The highest BCUT2D eigenvalue weighted by Crippen LogP contribution is 2.36. The second-order valence-corrected chi connectivity index (χ2v) is 11.2. The smallest absolute Gasteiger partial charge is 0.338 e. The van der Waals surface area contributed by atoms with E-state index in [4.69, 9.17) is 30.5 Å². The van der Waals surface area contributed by atoms with Crippen molar-refractivity contribution in [1.29, 1.82) is 0 Å². The van der Waals surface area contributed by atoms with Crippen molar-refractivity contribution in [3.05, 3.63) is 83.5 Å². The Morgan fingerprint density at radius 1 is 1.07 bits per heavy atom. The average Bonchev–Trinajstić information content (AvgIpc) is 3.18. The number of benzene rings is 2. The fourth-order valence-corrected chi connectivity index (χ4v) is 5.67. The van der Waals surface area contributed by atoms with Crippen molar-refractivity contribution >= 4 is 35.0 Å². The van der Waals surface area contributed by atoms with Crippen LogP contribution in [-0.4, -0.2) is 36.5 Å². The second kappa shape index (κ2) is 12.3. The first kappa shape index (κ1) is 29.4. The molecule has 0 saturated carbocycles. The quantitative estimate of drug-likeness (QED) is 0.328. The van der Waals surface area contributed by atoms with Crippen LogP contribution in [0.15, 0.2) is 57.5 Å². The number of carbonyl (C=O) groups is 1. The van der Waals surface area contributed by atoms with Crippen LogP contribution in [0.3, 0.4) is 0 Å². The molecule has 0 aliphatic carbocycles. The average molecular weight is 585 g/mol. The van der Waals surface area contributed by atoms with E-state index in [1.165, 1.54) is 15.9 Å². The lowest BCUT2D eigenvalue weighted by Crippen LogP contribution is -2.40. The number of fused-ring (bicyclic) bond motifs is 1. The van der Waals surface area contributed by atoms with Crippen molar-refractivity contribution in [1.82, 2.24) is 4.57 Å². The van der Waals surface area contributed by atoms with Gasteiger partial charge in [-0.05, 0) is 83.5 Å². The SMILES string of the molecule is CCOC(=O)C1=C(C)N=c2s/c(=C/c3cc(Cl)ccc3OC(C)C)c(=O)n2[C@@H]1c1ccc(OC(C)C)c(OC)c1. The number of hydrogen-bond donors (Lipinski definition) is 0. The van der Waals surface area contributed by atoms with Crippen LogP contribution in [0.5, 0.6) is 17.2 Å². The van der Waals surface area contributed by atoms with E-state index < -0.39 is 12.0 Å². The molecule has 3 aromatic rings. The van der Waals surface area contributed by atoms with Crippen molar-refractivity contribution in [3.63, 3.8) is 0 Å². The number of hydrogen-bond acceptors (Lipinski definition) is 8. The third-order valence-electron chi connectivity index (χ3n) is 6.00. The van der Waals surface area contributed by atoms with Gasteiger partial charge in [-0.2, -0.15) is 0 Å². The number of allylic oxidation sites excluding steroid dienone is 1. The van der Waals surface area contributed by atoms with Gasteiger partial charge in [0.2, 0.25) is 0 Å². The normalized spacial score (nSPS) is 15.2. The van der Waals surface area contributed by atoms with E-state index in [1.807, 2.05) is 33.8 Å². The van der Waals surface area contributed by atoms with Crippen LogP contribution in [-0.2, 0) is 9.53 Å². The molecule has 2 aromatic carbocycles. The van der Waals surface area contributed by atoms with E-state index >= 15 is 0 Å². The van der Waals surface area contributed by atoms with Gasteiger partial charge in [0.25, 0.3) is 5.56 Å². The molecule has 1 atom stereocenters. The van der Waals surface area contributed by atoms with Gasteiger partial charge >= 0.3 is 5.97 Å². The van der Waals surface area contributed by atoms with Crippen LogP contribution < -0.4 is 29.1 Å². The van der Waals surface area contributed by atoms with Gasteiger partial charge in [0, 0.05) is 10.6 Å². The van der Waals surface area contributed by atoms with E-state index in [1.54, 1.807) is 57.4 Å². The Morgan fingerprint density at radius 2 is 1.75 bits per heavy atom. The summed E-state index contributed by atoms with van der Waals surface area (Å²) in [6.45, 7) is 11.4. The summed E-state index contributed by atoms with van der Waals surface area (Å²) in [4.78, 5) is 32.3. The molecule has 1 aliphatic rings. The van der Waals surface area contributed by atoms with Crippen LogP contribution >= 0.6 is 22.9 Å². The predicted octanol–water partition coefficient (Wildman–Crippen LogP) is 5.03. The summed E-state index contributed by atoms with van der Waals surface area (Å²) in [6, 6.07) is 9.88. The summed E-state index contributed by atoms with van der Waals surface area (Å²) in [7, 11) is 1.55. The molecule has 0 bridgehead atoms. The monoisotopic (exact) mass is 584 g/mol. The van der Waals surface area contributed by atoms with Gasteiger partial charge in [0.05, 0.1) is 47.8 Å². The maximum absolute atomic E-state index is 14.0. The Hall–Kier alpha value is -3.56. The number of rotatable bonds is 9. The number of esters is 1. The van der Waals surface area contributed by atoms with Gasteiger partial charge < -0.3 is 18.9 Å². The van der Waals surface area contributed by atoms with Crippen molar-refractivity contribution in [3.8, 4) is 17.2 Å². The van der Waals surface area contributed by atoms with Gasteiger partial charge in [0.15, 0.2) is 16.3 Å². The molecule has 0 radical (unpaired) electrons. The maximum atomic E-state index is 14.0. The maximum Gasteiger partial charge on any atom is 0.338 e. The highest BCUT2D eigenvalue weighted by Gasteiger charge is 2.34. The van der Waals surface area contributed by atoms with Crippen LogP contribution in [0.1, 0.15) is 58.7 Å². The van der Waals surface area contributed by atoms with E-state index in [2.05, 4.69) is 4.99 Å². The van der Waals surface area contributed by atoms with Gasteiger partial charge in [-0.1, -0.05) is 29.0 Å². The highest BCUT2D eigenvalue weighted by atomic mass is 35.5. The summed E-state index contributed by atoms with van der Waals surface area (Å²) in [5.74, 6) is 1.12. The minimum Gasteiger partial charge on any atom is -0.493 e. The molecule has 2 heterocycles. The number of methoxy groups -OCH3 is 1. The van der Waals surface area contributed by atoms with Crippen LogP contribution in [0.2, 0.25) is 5.02 Å². The summed E-state index contributed by atoms with van der Waals surface area (Å²) >= 11 is 7.51. The summed E-state index contributed by atoms with van der Waals surface area (Å²) in [6.07, 6.45) is 1.61. The lowest BCUT2D eigenvalue weighted by Gasteiger charge is -2.25. The lowest BCUT2D eigenvalue weighted by molar-refractivity contribution is -0.139. The zero-order valence-electron chi connectivity index (χ0n) is 23.6. The number of aromatic nitrogens is 1. The molecule has 1 aliphatic heterocycles. The Bertz CT molecular complexity index is 1640. The molecule has 10 heteroatoms. The van der Waals surface area contributed by atoms with Gasteiger partial charge in [-0.25, -0.2) is 9.79 Å². The van der Waals surface area contributed by atoms with Crippen LogP contribution in [0, 0.1) is 0 Å². The Labute approximate surface area is 242 Å². The Morgan fingerprint density at radius 3 is 2.40 bits per heavy atom. The standard InChI is InChI=1S/C30H33ClN2O6S/c1-8-37-29(35)26-18(6)32-30-33(27(26)19-9-11-23(39-17(4)5)24(14-19)36-7)28(34)25(40-30)15-20-13-21(31)10-12-22(20)38-16(2)3/h9-17,27H,8H2,1-7H3/b25-15+/t27-/m1/s1. The largest absolute Gasteiger partial charge is 0.493 e. The fourth-order valence-electron chi connectivity index (χ4n) is 4.45.